The number of benzene rings is 2. The van der Waals surface area contributed by atoms with Crippen molar-refractivity contribution in [1.82, 2.24) is 14.5 Å². The third kappa shape index (κ3) is 4.61. The minimum Gasteiger partial charge on any atom is -0.353 e. The van der Waals surface area contributed by atoms with Crippen molar-refractivity contribution in [1.29, 1.82) is 0 Å². The first-order valence-corrected chi connectivity index (χ1v) is 10.8. The maximum Gasteiger partial charge on any atom is 0.256 e. The highest BCUT2D eigenvalue weighted by Crippen LogP contribution is 2.35. The van der Waals surface area contributed by atoms with Gasteiger partial charge in [0, 0.05) is 50.3 Å². The van der Waals surface area contributed by atoms with Gasteiger partial charge < -0.3 is 14.4 Å². The van der Waals surface area contributed by atoms with Crippen LogP contribution in [0.25, 0.3) is 22.2 Å². The quantitative estimate of drug-likeness (QED) is 0.373. The number of amides is 1. The van der Waals surface area contributed by atoms with Crippen molar-refractivity contribution < 1.29 is 9.18 Å². The molecule has 0 radical (unpaired) electrons. The monoisotopic (exact) mass is 500 g/mol. The van der Waals surface area contributed by atoms with Gasteiger partial charge in [-0.15, -0.1) is 24.8 Å². The second kappa shape index (κ2) is 10.5. The zero-order chi connectivity index (χ0) is 22.2. The second-order valence-corrected chi connectivity index (χ2v) is 8.28. The van der Waals surface area contributed by atoms with Crippen LogP contribution in [0.5, 0.6) is 0 Å². The lowest BCUT2D eigenvalue weighted by molar-refractivity contribution is 0.0749. The van der Waals surface area contributed by atoms with Crippen LogP contribution < -0.4 is 4.90 Å². The standard InChI is InChI=1S/C26H25FN4O.2ClH/c1-18-6-11-22-21(17-18)24(25(29(22)2)19-7-9-20(27)10-8-19)26(32)31-15-13-30(14-16-31)23-5-3-4-12-28-23;;/h3-12,17H,13-16H2,1-2H3;2*1H. The molecule has 2 aromatic heterocycles. The molecule has 1 amide bonds. The Labute approximate surface area is 211 Å². The lowest BCUT2D eigenvalue weighted by atomic mass is 10.0. The smallest absolute Gasteiger partial charge is 0.256 e. The summed E-state index contributed by atoms with van der Waals surface area (Å²) in [6.07, 6.45) is 1.79. The lowest BCUT2D eigenvalue weighted by Gasteiger charge is -2.35. The van der Waals surface area contributed by atoms with Gasteiger partial charge in [0.2, 0.25) is 0 Å². The number of fused-ring (bicyclic) bond motifs is 1. The first-order chi connectivity index (χ1) is 15.5. The van der Waals surface area contributed by atoms with E-state index in [-0.39, 0.29) is 36.5 Å². The molecule has 1 aliphatic rings. The van der Waals surface area contributed by atoms with Crippen LogP contribution in [0.1, 0.15) is 15.9 Å². The van der Waals surface area contributed by atoms with E-state index in [9.17, 15) is 9.18 Å². The molecule has 1 fully saturated rings. The number of hydrogen-bond donors (Lipinski definition) is 0. The molecule has 0 bridgehead atoms. The maximum absolute atomic E-state index is 13.8. The summed E-state index contributed by atoms with van der Waals surface area (Å²) in [5, 5.41) is 0.934. The van der Waals surface area contributed by atoms with Gasteiger partial charge in [0.1, 0.15) is 11.6 Å². The molecule has 0 saturated carbocycles. The summed E-state index contributed by atoms with van der Waals surface area (Å²) in [5.74, 6) is 0.662. The fourth-order valence-corrected chi connectivity index (χ4v) is 4.56. The van der Waals surface area contributed by atoms with Crippen molar-refractivity contribution in [3.8, 4) is 11.3 Å². The highest BCUT2D eigenvalue weighted by molar-refractivity contribution is 6.13. The lowest BCUT2D eigenvalue weighted by Crippen LogP contribution is -2.49. The van der Waals surface area contributed by atoms with Gasteiger partial charge in [-0.1, -0.05) is 17.7 Å². The van der Waals surface area contributed by atoms with Crippen LogP contribution >= 0.6 is 24.8 Å². The van der Waals surface area contributed by atoms with Crippen LogP contribution in [0.3, 0.4) is 0 Å². The van der Waals surface area contributed by atoms with Crippen LogP contribution in [0.15, 0.2) is 66.9 Å². The molecule has 34 heavy (non-hydrogen) atoms. The van der Waals surface area contributed by atoms with Crippen LogP contribution in [0, 0.1) is 12.7 Å². The molecule has 3 heterocycles. The van der Waals surface area contributed by atoms with E-state index < -0.39 is 0 Å². The largest absolute Gasteiger partial charge is 0.353 e. The Bertz CT molecular complexity index is 1280. The Balaban J connectivity index is 0.00000162. The number of nitrogens with zero attached hydrogens (tertiary/aromatic N) is 4. The third-order valence-corrected chi connectivity index (χ3v) is 6.23. The fraction of sp³-hybridized carbons (Fsp3) is 0.231. The summed E-state index contributed by atoms with van der Waals surface area (Å²) in [6, 6.07) is 18.4. The van der Waals surface area contributed by atoms with Crippen molar-refractivity contribution in [3.05, 3.63) is 83.8 Å². The summed E-state index contributed by atoms with van der Waals surface area (Å²) < 4.78 is 15.6. The third-order valence-electron chi connectivity index (χ3n) is 6.23. The number of carbonyl (C=O) groups excluding carboxylic acids is 1. The number of piperazine rings is 1. The van der Waals surface area contributed by atoms with E-state index in [1.807, 2.05) is 47.7 Å². The van der Waals surface area contributed by atoms with E-state index in [1.54, 1.807) is 18.3 Å². The van der Waals surface area contributed by atoms with Crippen molar-refractivity contribution in [2.45, 2.75) is 6.92 Å². The van der Waals surface area contributed by atoms with Gasteiger partial charge in [-0.05, 0) is 61.0 Å². The zero-order valence-electron chi connectivity index (χ0n) is 19.1. The number of pyridine rings is 1. The fourth-order valence-electron chi connectivity index (χ4n) is 4.56. The summed E-state index contributed by atoms with van der Waals surface area (Å²) in [7, 11) is 1.96. The molecule has 1 aliphatic heterocycles. The zero-order valence-corrected chi connectivity index (χ0v) is 20.7. The number of halogens is 3. The minimum absolute atomic E-state index is 0. The number of aromatic nitrogens is 2. The van der Waals surface area contributed by atoms with E-state index in [0.29, 0.717) is 18.7 Å². The van der Waals surface area contributed by atoms with Crippen molar-refractivity contribution >= 4 is 47.4 Å². The van der Waals surface area contributed by atoms with E-state index in [1.165, 1.54) is 12.1 Å². The van der Waals surface area contributed by atoms with E-state index in [2.05, 4.69) is 22.0 Å². The molecule has 5 nitrogen and oxygen atoms in total. The van der Waals surface area contributed by atoms with Gasteiger partial charge in [-0.2, -0.15) is 0 Å². The molecule has 2 aromatic carbocycles. The van der Waals surface area contributed by atoms with Gasteiger partial charge in [-0.3, -0.25) is 4.79 Å². The van der Waals surface area contributed by atoms with Crippen molar-refractivity contribution in [2.75, 3.05) is 31.1 Å². The molecule has 178 valence electrons. The van der Waals surface area contributed by atoms with Gasteiger partial charge >= 0.3 is 0 Å². The number of hydrogen-bond acceptors (Lipinski definition) is 3. The molecule has 0 unspecified atom stereocenters. The predicted molar refractivity (Wildman–Crippen MR) is 140 cm³/mol. The van der Waals surface area contributed by atoms with Gasteiger partial charge in [-0.25, -0.2) is 9.37 Å². The summed E-state index contributed by atoms with van der Waals surface area (Å²) >= 11 is 0. The first kappa shape index (κ1) is 25.5. The Kier molecular flexibility index (Phi) is 7.85. The molecule has 8 heteroatoms. The Morgan fingerprint density at radius 1 is 0.941 bits per heavy atom. The number of carbonyl (C=O) groups is 1. The highest BCUT2D eigenvalue weighted by atomic mass is 35.5. The number of aryl methyl sites for hydroxylation is 2. The minimum atomic E-state index is -0.290. The summed E-state index contributed by atoms with van der Waals surface area (Å²) in [6.45, 7) is 4.75. The molecule has 4 aromatic rings. The SMILES string of the molecule is Cc1ccc2c(c1)c(C(=O)N1CCN(c3ccccn3)CC1)c(-c1ccc(F)cc1)n2C.Cl.Cl. The first-order valence-electron chi connectivity index (χ1n) is 10.8. The number of rotatable bonds is 3. The average Bonchev–Trinajstić information content (AvgIpc) is 3.11. The second-order valence-electron chi connectivity index (χ2n) is 8.28. The predicted octanol–water partition coefficient (Wildman–Crippen LogP) is 5.49. The number of anilines is 1. The molecule has 0 N–H and O–H groups in total. The van der Waals surface area contributed by atoms with Crippen LogP contribution in [-0.2, 0) is 7.05 Å². The molecule has 0 atom stereocenters. The Morgan fingerprint density at radius 2 is 1.65 bits per heavy atom. The maximum atomic E-state index is 13.8. The molecule has 0 spiro atoms. The summed E-state index contributed by atoms with van der Waals surface area (Å²) in [5.41, 5.74) is 4.43. The van der Waals surface area contributed by atoms with Gasteiger partial charge in [0.05, 0.1) is 11.3 Å². The van der Waals surface area contributed by atoms with Crippen LogP contribution in [0.4, 0.5) is 10.2 Å². The molecule has 0 aliphatic carbocycles. The van der Waals surface area contributed by atoms with E-state index in [4.69, 9.17) is 0 Å². The summed E-state index contributed by atoms with van der Waals surface area (Å²) in [4.78, 5) is 22.4. The van der Waals surface area contributed by atoms with Gasteiger partial charge in [0.25, 0.3) is 5.91 Å². The Morgan fingerprint density at radius 3 is 2.29 bits per heavy atom. The van der Waals surface area contributed by atoms with Crippen molar-refractivity contribution in [3.63, 3.8) is 0 Å². The molecule has 1 saturated heterocycles. The highest BCUT2D eigenvalue weighted by Gasteiger charge is 2.29. The van der Waals surface area contributed by atoms with E-state index >= 15 is 0 Å². The molecular formula is C26H27Cl2FN4O. The molecule has 5 rings (SSSR count). The topological polar surface area (TPSA) is 41.4 Å². The van der Waals surface area contributed by atoms with Gasteiger partial charge in [0.15, 0.2) is 0 Å². The van der Waals surface area contributed by atoms with Crippen LogP contribution in [-0.4, -0.2) is 46.5 Å². The van der Waals surface area contributed by atoms with Crippen molar-refractivity contribution in [2.24, 2.45) is 7.05 Å². The van der Waals surface area contributed by atoms with E-state index in [0.717, 1.165) is 46.6 Å². The normalized spacial score (nSPS) is 13.4. The Hall–Kier alpha value is -3.09. The molecular weight excluding hydrogens is 474 g/mol. The average molecular weight is 501 g/mol. The van der Waals surface area contributed by atoms with Crippen LogP contribution in [0.2, 0.25) is 0 Å².